The number of hydrogen-bond donors (Lipinski definition) is 1. The van der Waals surface area contributed by atoms with Crippen molar-refractivity contribution in [1.29, 1.82) is 0 Å². The average molecular weight is 242 g/mol. The molecule has 92 valence electrons. The van der Waals surface area contributed by atoms with Crippen LogP contribution in [0.15, 0.2) is 0 Å². The van der Waals surface area contributed by atoms with E-state index in [1.54, 1.807) is 0 Å². The fourth-order valence-corrected chi connectivity index (χ4v) is 3.91. The predicted octanol–water partition coefficient (Wildman–Crippen LogP) is 1.61. The molecule has 0 radical (unpaired) electrons. The molecular formula is C12H22N2OS. The summed E-state index contributed by atoms with van der Waals surface area (Å²) in [4.78, 5) is 13.7. The number of hydrogen-bond acceptors (Lipinski definition) is 3. The Morgan fingerprint density at radius 2 is 2.12 bits per heavy atom. The Bertz CT molecular complexity index is 264. The lowest BCUT2D eigenvalue weighted by Gasteiger charge is -2.38. The second-order valence-electron chi connectivity index (χ2n) is 5.19. The fraction of sp³-hybridized carbons (Fsp3) is 0.917. The number of rotatable bonds is 3. The third-order valence-corrected chi connectivity index (χ3v) is 5.32. The molecular weight excluding hydrogens is 220 g/mol. The molecule has 2 aliphatic rings. The van der Waals surface area contributed by atoms with Crippen molar-refractivity contribution in [2.24, 2.45) is 5.73 Å². The van der Waals surface area contributed by atoms with Gasteiger partial charge in [0.2, 0.25) is 5.91 Å². The summed E-state index contributed by atoms with van der Waals surface area (Å²) in [6.45, 7) is 1.68. The molecule has 2 N–H and O–H groups in total. The summed E-state index contributed by atoms with van der Waals surface area (Å²) in [5, 5.41) is 0. The Morgan fingerprint density at radius 3 is 2.62 bits per heavy atom. The van der Waals surface area contributed by atoms with Crippen LogP contribution in [0.2, 0.25) is 0 Å². The van der Waals surface area contributed by atoms with Gasteiger partial charge in [-0.05, 0) is 19.1 Å². The number of amides is 1. The highest BCUT2D eigenvalue weighted by Gasteiger charge is 2.37. The first-order valence-corrected chi connectivity index (χ1v) is 7.46. The smallest absolute Gasteiger partial charge is 0.224 e. The van der Waals surface area contributed by atoms with E-state index in [0.29, 0.717) is 11.2 Å². The standard InChI is InChI=1S/C12H22N2OS/c1-16-12(5-3-2-4-6-12)9-14-8-10(13)7-11(14)15/h10H,2-9,13H2,1H3. The fourth-order valence-electron chi connectivity index (χ4n) is 2.93. The Hall–Kier alpha value is -0.220. The lowest BCUT2D eigenvalue weighted by Crippen LogP contribution is -2.43. The van der Waals surface area contributed by atoms with Gasteiger partial charge in [0.25, 0.3) is 0 Å². The zero-order valence-corrected chi connectivity index (χ0v) is 10.9. The second kappa shape index (κ2) is 4.96. The third-order valence-electron chi connectivity index (χ3n) is 3.92. The monoisotopic (exact) mass is 242 g/mol. The van der Waals surface area contributed by atoms with Gasteiger partial charge in [-0.1, -0.05) is 19.3 Å². The quantitative estimate of drug-likeness (QED) is 0.818. The topological polar surface area (TPSA) is 46.3 Å². The number of nitrogens with zero attached hydrogens (tertiary/aromatic N) is 1. The minimum Gasteiger partial charge on any atom is -0.340 e. The van der Waals surface area contributed by atoms with Crippen LogP contribution >= 0.6 is 11.8 Å². The average Bonchev–Trinajstić information content (AvgIpc) is 2.59. The second-order valence-corrected chi connectivity index (χ2v) is 6.46. The van der Waals surface area contributed by atoms with Gasteiger partial charge in [-0.15, -0.1) is 0 Å². The van der Waals surface area contributed by atoms with Gasteiger partial charge < -0.3 is 10.6 Å². The van der Waals surface area contributed by atoms with Crippen LogP contribution in [-0.2, 0) is 4.79 Å². The number of thioether (sulfide) groups is 1. The molecule has 1 aliphatic carbocycles. The maximum atomic E-state index is 11.8. The highest BCUT2D eigenvalue weighted by Crippen LogP contribution is 2.39. The van der Waals surface area contributed by atoms with Gasteiger partial charge in [0, 0.05) is 30.3 Å². The Kier molecular flexibility index (Phi) is 3.80. The van der Waals surface area contributed by atoms with E-state index in [2.05, 4.69) is 6.26 Å². The number of carbonyl (C=O) groups excluding carboxylic acids is 1. The van der Waals surface area contributed by atoms with Crippen molar-refractivity contribution in [3.05, 3.63) is 0 Å². The summed E-state index contributed by atoms with van der Waals surface area (Å²) in [6, 6.07) is 0.0648. The van der Waals surface area contributed by atoms with E-state index >= 15 is 0 Å². The lowest BCUT2D eigenvalue weighted by atomic mass is 9.88. The number of nitrogens with two attached hydrogens (primary N) is 1. The van der Waals surface area contributed by atoms with E-state index in [4.69, 9.17) is 5.73 Å². The molecule has 2 rings (SSSR count). The largest absolute Gasteiger partial charge is 0.340 e. The maximum Gasteiger partial charge on any atom is 0.224 e. The first kappa shape index (κ1) is 12.2. The van der Waals surface area contributed by atoms with E-state index in [1.807, 2.05) is 16.7 Å². The molecule has 3 nitrogen and oxygen atoms in total. The number of carbonyl (C=O) groups is 1. The van der Waals surface area contributed by atoms with Gasteiger partial charge >= 0.3 is 0 Å². The Morgan fingerprint density at radius 1 is 1.44 bits per heavy atom. The number of likely N-dealkylation sites (tertiary alicyclic amines) is 1. The molecule has 0 aromatic carbocycles. The summed E-state index contributed by atoms with van der Waals surface area (Å²) >= 11 is 1.95. The van der Waals surface area contributed by atoms with Gasteiger partial charge in [0.1, 0.15) is 0 Å². The molecule has 4 heteroatoms. The van der Waals surface area contributed by atoms with Crippen LogP contribution in [0.1, 0.15) is 38.5 Å². The summed E-state index contributed by atoms with van der Waals surface area (Å²) in [5.41, 5.74) is 5.84. The predicted molar refractivity (Wildman–Crippen MR) is 68.5 cm³/mol. The van der Waals surface area contributed by atoms with Crippen molar-refractivity contribution in [3.63, 3.8) is 0 Å². The van der Waals surface area contributed by atoms with Gasteiger partial charge in [-0.2, -0.15) is 11.8 Å². The van der Waals surface area contributed by atoms with Crippen molar-refractivity contribution in [2.45, 2.75) is 49.3 Å². The van der Waals surface area contributed by atoms with Crippen molar-refractivity contribution in [2.75, 3.05) is 19.3 Å². The highest BCUT2D eigenvalue weighted by molar-refractivity contribution is 8.00. The molecule has 1 unspecified atom stereocenters. The molecule has 1 atom stereocenters. The van der Waals surface area contributed by atoms with Crippen LogP contribution in [0.5, 0.6) is 0 Å². The van der Waals surface area contributed by atoms with E-state index < -0.39 is 0 Å². The molecule has 0 bridgehead atoms. The molecule has 1 saturated heterocycles. The van der Waals surface area contributed by atoms with Gasteiger partial charge in [-0.3, -0.25) is 4.79 Å². The van der Waals surface area contributed by atoms with Crippen molar-refractivity contribution in [3.8, 4) is 0 Å². The minimum atomic E-state index is 0.0648. The van der Waals surface area contributed by atoms with Crippen LogP contribution in [0.25, 0.3) is 0 Å². The van der Waals surface area contributed by atoms with Gasteiger partial charge in [-0.25, -0.2) is 0 Å². The molecule has 0 aromatic heterocycles. The molecule has 0 spiro atoms. The van der Waals surface area contributed by atoms with E-state index in [0.717, 1.165) is 13.1 Å². The van der Waals surface area contributed by atoms with Crippen LogP contribution in [-0.4, -0.2) is 40.9 Å². The van der Waals surface area contributed by atoms with Crippen LogP contribution in [0.3, 0.4) is 0 Å². The molecule has 16 heavy (non-hydrogen) atoms. The first-order chi connectivity index (χ1) is 7.65. The minimum absolute atomic E-state index is 0.0648. The lowest BCUT2D eigenvalue weighted by molar-refractivity contribution is -0.128. The van der Waals surface area contributed by atoms with E-state index in [1.165, 1.54) is 32.1 Å². The van der Waals surface area contributed by atoms with Crippen LogP contribution < -0.4 is 5.73 Å². The van der Waals surface area contributed by atoms with Crippen LogP contribution in [0, 0.1) is 0 Å². The molecule has 1 amide bonds. The zero-order valence-electron chi connectivity index (χ0n) is 10.1. The van der Waals surface area contributed by atoms with Gasteiger partial charge in [0.15, 0.2) is 0 Å². The molecule has 1 aliphatic heterocycles. The molecule has 1 heterocycles. The van der Waals surface area contributed by atoms with Crippen LogP contribution in [0.4, 0.5) is 0 Å². The summed E-state index contributed by atoms with van der Waals surface area (Å²) in [6.07, 6.45) is 9.23. The Labute approximate surface area is 102 Å². The van der Waals surface area contributed by atoms with E-state index in [9.17, 15) is 4.79 Å². The first-order valence-electron chi connectivity index (χ1n) is 6.24. The van der Waals surface area contributed by atoms with Gasteiger partial charge in [0.05, 0.1) is 0 Å². The van der Waals surface area contributed by atoms with Crippen molar-refractivity contribution >= 4 is 17.7 Å². The van der Waals surface area contributed by atoms with Crippen molar-refractivity contribution < 1.29 is 4.79 Å². The molecule has 2 fully saturated rings. The molecule has 1 saturated carbocycles. The van der Waals surface area contributed by atoms with Crippen molar-refractivity contribution in [1.82, 2.24) is 4.90 Å². The maximum absolute atomic E-state index is 11.8. The summed E-state index contributed by atoms with van der Waals surface area (Å²) < 4.78 is 0.317. The normalized spacial score (nSPS) is 29.8. The molecule has 0 aromatic rings. The Balaban J connectivity index is 1.98. The SMILES string of the molecule is CSC1(CN2CC(N)CC2=O)CCCCC1. The summed E-state index contributed by atoms with van der Waals surface area (Å²) in [7, 11) is 0. The third kappa shape index (κ3) is 2.54. The highest BCUT2D eigenvalue weighted by atomic mass is 32.2. The summed E-state index contributed by atoms with van der Waals surface area (Å²) in [5.74, 6) is 0.256. The van der Waals surface area contributed by atoms with E-state index in [-0.39, 0.29) is 11.9 Å². The zero-order chi connectivity index (χ0) is 11.6.